The van der Waals surface area contributed by atoms with Crippen molar-refractivity contribution in [1.29, 1.82) is 0 Å². The topological polar surface area (TPSA) is 99.9 Å². The number of piperazine rings is 1. The first kappa shape index (κ1) is 21.7. The normalized spacial score (nSPS) is 18.9. The largest absolute Gasteiger partial charge is 0.507 e. The molecule has 0 saturated carbocycles. The monoisotopic (exact) mass is 455 g/mol. The van der Waals surface area contributed by atoms with Crippen molar-refractivity contribution < 1.29 is 5.11 Å². The maximum atomic E-state index is 10.7. The molecular weight excluding hydrogens is 430 g/mol. The Morgan fingerprint density at radius 3 is 2.50 bits per heavy atom. The second kappa shape index (κ2) is 8.35. The first-order valence-corrected chi connectivity index (χ1v) is 11.1. The Bertz CT molecular complexity index is 1390. The average Bonchev–Trinajstić information content (AvgIpc) is 3.21. The number of likely N-dealkylation sites (N-methyl/N-ethyl adjacent to an activating group) is 1. The lowest BCUT2D eigenvalue weighted by Crippen LogP contribution is -2.55. The van der Waals surface area contributed by atoms with Crippen LogP contribution in [0.3, 0.4) is 0 Å². The molecule has 1 aliphatic heterocycles. The van der Waals surface area contributed by atoms with Gasteiger partial charge in [0.1, 0.15) is 11.4 Å². The summed E-state index contributed by atoms with van der Waals surface area (Å²) in [4.78, 5) is 16.9. The van der Waals surface area contributed by atoms with Crippen molar-refractivity contribution in [3.8, 4) is 28.3 Å². The third kappa shape index (κ3) is 3.80. The van der Waals surface area contributed by atoms with E-state index in [-0.39, 0.29) is 5.75 Å². The van der Waals surface area contributed by atoms with Gasteiger partial charge in [-0.25, -0.2) is 19.3 Å². The SMILES string of the molecule is [C-]#[N+]c1cc(-c2ccc(-c3cnc(N4C[C@@H](C)N(C)[C@@H](C)C4)nn3)c(O)c2)nn2cc(C)nc12. The van der Waals surface area contributed by atoms with E-state index in [9.17, 15) is 5.11 Å². The van der Waals surface area contributed by atoms with E-state index >= 15 is 0 Å². The van der Waals surface area contributed by atoms with Gasteiger partial charge in [-0.1, -0.05) is 6.07 Å². The van der Waals surface area contributed by atoms with Crippen molar-refractivity contribution in [3.63, 3.8) is 0 Å². The van der Waals surface area contributed by atoms with Crippen LogP contribution in [-0.2, 0) is 0 Å². The zero-order valence-electron chi connectivity index (χ0n) is 19.5. The van der Waals surface area contributed by atoms with Gasteiger partial charge in [0.2, 0.25) is 11.6 Å². The highest BCUT2D eigenvalue weighted by Crippen LogP contribution is 2.33. The molecular formula is C24H25N9O. The summed E-state index contributed by atoms with van der Waals surface area (Å²) in [5.74, 6) is 0.628. The summed E-state index contributed by atoms with van der Waals surface area (Å²) in [5, 5.41) is 24.0. The molecule has 0 aliphatic carbocycles. The summed E-state index contributed by atoms with van der Waals surface area (Å²) in [5.41, 5.74) is 3.96. The summed E-state index contributed by atoms with van der Waals surface area (Å²) < 4.78 is 1.59. The second-order valence-corrected chi connectivity index (χ2v) is 8.82. The molecule has 1 fully saturated rings. The minimum absolute atomic E-state index is 0.0382. The summed E-state index contributed by atoms with van der Waals surface area (Å²) in [7, 11) is 2.13. The molecule has 1 saturated heterocycles. The molecule has 5 rings (SSSR count). The van der Waals surface area contributed by atoms with Crippen molar-refractivity contribution in [2.45, 2.75) is 32.9 Å². The third-order valence-electron chi connectivity index (χ3n) is 6.41. The van der Waals surface area contributed by atoms with Crippen LogP contribution in [0.4, 0.5) is 11.6 Å². The molecule has 0 radical (unpaired) electrons. The van der Waals surface area contributed by atoms with E-state index in [1.54, 1.807) is 35.1 Å². The minimum Gasteiger partial charge on any atom is -0.507 e. The maximum absolute atomic E-state index is 10.7. The van der Waals surface area contributed by atoms with Crippen LogP contribution in [0.5, 0.6) is 5.75 Å². The molecule has 10 heteroatoms. The molecule has 1 aromatic carbocycles. The Hall–Kier alpha value is -4.10. The van der Waals surface area contributed by atoms with Gasteiger partial charge in [0.05, 0.1) is 30.4 Å². The van der Waals surface area contributed by atoms with Crippen molar-refractivity contribution in [1.82, 2.24) is 34.7 Å². The first-order valence-electron chi connectivity index (χ1n) is 11.1. The lowest BCUT2D eigenvalue weighted by atomic mass is 10.1. The van der Waals surface area contributed by atoms with Crippen LogP contribution in [-0.4, -0.2) is 72.0 Å². The lowest BCUT2D eigenvalue weighted by Gasteiger charge is -2.42. The number of phenols is 1. The number of rotatable bonds is 3. The number of imidazole rings is 1. The number of hydrogen-bond donors (Lipinski definition) is 1. The molecule has 4 heterocycles. The number of hydrogen-bond acceptors (Lipinski definition) is 8. The smallest absolute Gasteiger partial charge is 0.245 e. The maximum Gasteiger partial charge on any atom is 0.245 e. The van der Waals surface area contributed by atoms with Crippen LogP contribution in [0.2, 0.25) is 0 Å². The number of fused-ring (bicyclic) bond motifs is 1. The number of nitrogens with zero attached hydrogens (tertiary/aromatic N) is 9. The molecule has 0 amide bonds. The van der Waals surface area contributed by atoms with E-state index < -0.39 is 0 Å². The van der Waals surface area contributed by atoms with Crippen molar-refractivity contribution in [2.75, 3.05) is 25.0 Å². The van der Waals surface area contributed by atoms with Crippen LogP contribution in [0.1, 0.15) is 19.5 Å². The number of aromatic nitrogens is 6. The molecule has 0 bridgehead atoms. The highest BCUT2D eigenvalue weighted by molar-refractivity contribution is 5.77. The van der Waals surface area contributed by atoms with E-state index in [1.807, 2.05) is 13.0 Å². The summed E-state index contributed by atoms with van der Waals surface area (Å²) in [6, 6.07) is 7.67. The molecule has 3 aromatic heterocycles. The zero-order chi connectivity index (χ0) is 24.0. The Balaban J connectivity index is 1.42. The minimum atomic E-state index is 0.0382. The molecule has 0 unspecified atom stereocenters. The predicted octanol–water partition coefficient (Wildman–Crippen LogP) is 3.34. The molecule has 10 nitrogen and oxygen atoms in total. The van der Waals surface area contributed by atoms with Gasteiger partial charge in [0.25, 0.3) is 0 Å². The van der Waals surface area contributed by atoms with Crippen LogP contribution in [0, 0.1) is 13.5 Å². The van der Waals surface area contributed by atoms with Gasteiger partial charge in [-0.2, -0.15) is 5.10 Å². The van der Waals surface area contributed by atoms with Gasteiger partial charge in [0, 0.05) is 36.3 Å². The molecule has 2 atom stereocenters. The molecule has 1 N–H and O–H groups in total. The van der Waals surface area contributed by atoms with Crippen molar-refractivity contribution >= 4 is 17.3 Å². The fourth-order valence-corrected chi connectivity index (χ4v) is 4.31. The third-order valence-corrected chi connectivity index (χ3v) is 6.41. The van der Waals surface area contributed by atoms with Crippen LogP contribution in [0.25, 0.3) is 33.0 Å². The quantitative estimate of drug-likeness (QED) is 0.470. The average molecular weight is 456 g/mol. The number of phenolic OH excluding ortho intramolecular Hbond substituents is 1. The molecule has 172 valence electrons. The number of anilines is 1. The first-order chi connectivity index (χ1) is 16.3. The van der Waals surface area contributed by atoms with Crippen LogP contribution >= 0.6 is 0 Å². The highest BCUT2D eigenvalue weighted by atomic mass is 16.3. The number of aromatic hydroxyl groups is 1. The van der Waals surface area contributed by atoms with Gasteiger partial charge in [-0.15, -0.1) is 10.2 Å². The highest BCUT2D eigenvalue weighted by Gasteiger charge is 2.28. The fraction of sp³-hybridized carbons (Fsp3) is 0.333. The summed E-state index contributed by atoms with van der Waals surface area (Å²) in [6.07, 6.45) is 3.41. The van der Waals surface area contributed by atoms with Crippen LogP contribution in [0.15, 0.2) is 36.7 Å². The molecule has 1 aliphatic rings. The van der Waals surface area contributed by atoms with Gasteiger partial charge >= 0.3 is 0 Å². The fourth-order valence-electron chi connectivity index (χ4n) is 4.31. The van der Waals surface area contributed by atoms with Gasteiger partial charge in [-0.3, -0.25) is 4.90 Å². The molecule has 4 aromatic rings. The lowest BCUT2D eigenvalue weighted by molar-refractivity contribution is 0.169. The predicted molar refractivity (Wildman–Crippen MR) is 129 cm³/mol. The van der Waals surface area contributed by atoms with E-state index in [1.165, 1.54) is 0 Å². The summed E-state index contributed by atoms with van der Waals surface area (Å²) >= 11 is 0. The second-order valence-electron chi connectivity index (χ2n) is 8.82. The Morgan fingerprint density at radius 1 is 1.09 bits per heavy atom. The number of benzene rings is 1. The molecule has 0 spiro atoms. The van der Waals surface area contributed by atoms with E-state index in [4.69, 9.17) is 6.57 Å². The Labute approximate surface area is 197 Å². The Morgan fingerprint density at radius 2 is 1.85 bits per heavy atom. The van der Waals surface area contributed by atoms with Gasteiger partial charge in [-0.05, 0) is 46.0 Å². The van der Waals surface area contributed by atoms with Crippen molar-refractivity contribution in [2.24, 2.45) is 0 Å². The standard InChI is InChI=1S/C24H25N9O/c1-14-11-33-23(27-14)20(25-4)9-19(30-33)17-6-7-18(22(34)8-17)21-10-26-24(29-28-21)32-12-15(2)31(5)16(3)13-32/h6-11,15-16,34H,12-13H2,1-3,5H3/t15-,16+. The van der Waals surface area contributed by atoms with Gasteiger partial charge < -0.3 is 10.0 Å². The van der Waals surface area contributed by atoms with E-state index in [0.29, 0.717) is 51.9 Å². The van der Waals surface area contributed by atoms with E-state index in [2.05, 4.69) is 60.8 Å². The van der Waals surface area contributed by atoms with E-state index in [0.717, 1.165) is 18.8 Å². The zero-order valence-corrected chi connectivity index (χ0v) is 19.5. The van der Waals surface area contributed by atoms with Gasteiger partial charge in [0.15, 0.2) is 5.65 Å². The summed E-state index contributed by atoms with van der Waals surface area (Å²) in [6.45, 7) is 15.4. The molecule has 34 heavy (non-hydrogen) atoms. The Kier molecular flexibility index (Phi) is 5.34. The van der Waals surface area contributed by atoms with Crippen LogP contribution < -0.4 is 4.90 Å². The van der Waals surface area contributed by atoms with Crippen molar-refractivity contribution in [3.05, 3.63) is 53.8 Å². The number of aryl methyl sites for hydroxylation is 1.